The average molecular weight is 309 g/mol. The van der Waals surface area contributed by atoms with Gasteiger partial charge in [-0.1, -0.05) is 42.5 Å². The zero-order chi connectivity index (χ0) is 16.4. The number of primary amides is 1. The van der Waals surface area contributed by atoms with Gasteiger partial charge in [0.25, 0.3) is 5.91 Å². The van der Waals surface area contributed by atoms with Crippen LogP contribution in [-0.2, 0) is 11.2 Å². The van der Waals surface area contributed by atoms with Gasteiger partial charge in [-0.3, -0.25) is 9.59 Å². The zero-order valence-corrected chi connectivity index (χ0v) is 12.3. The van der Waals surface area contributed by atoms with Crippen molar-refractivity contribution in [3.63, 3.8) is 0 Å². The molecule has 3 aromatic rings. The summed E-state index contributed by atoms with van der Waals surface area (Å²) in [6.07, 6.45) is 0.475. The van der Waals surface area contributed by atoms with Gasteiger partial charge in [0.2, 0.25) is 0 Å². The van der Waals surface area contributed by atoms with Gasteiger partial charge >= 0.3 is 5.97 Å². The van der Waals surface area contributed by atoms with Gasteiger partial charge in [0, 0.05) is 17.4 Å². The number of carbonyl (C=O) groups is 2. The maximum atomic E-state index is 11.7. The van der Waals surface area contributed by atoms with E-state index in [1.54, 1.807) is 6.07 Å². The molecule has 116 valence electrons. The van der Waals surface area contributed by atoms with E-state index < -0.39 is 11.9 Å². The fourth-order valence-electron chi connectivity index (χ4n) is 2.64. The molecule has 1 heterocycles. The van der Waals surface area contributed by atoms with Crippen LogP contribution in [0, 0.1) is 0 Å². The highest BCUT2D eigenvalue weighted by molar-refractivity contribution is 6.07. The zero-order valence-electron chi connectivity index (χ0n) is 12.3. The first-order valence-corrected chi connectivity index (χ1v) is 7.18. The summed E-state index contributed by atoms with van der Waals surface area (Å²) in [5, 5.41) is 9.61. The lowest BCUT2D eigenvalue weighted by atomic mass is 9.98. The highest BCUT2D eigenvalue weighted by Crippen LogP contribution is 2.35. The molecule has 0 aliphatic rings. The number of carboxylic acids is 1. The Kier molecular flexibility index (Phi) is 3.85. The average Bonchev–Trinajstić information content (AvgIpc) is 2.93. The van der Waals surface area contributed by atoms with Crippen LogP contribution in [-0.4, -0.2) is 17.0 Å². The van der Waals surface area contributed by atoms with E-state index in [9.17, 15) is 9.59 Å². The van der Waals surface area contributed by atoms with Crippen LogP contribution in [0.3, 0.4) is 0 Å². The standard InChI is InChI=1S/C18H15NO4/c19-18(22)17-16(13-6-1-2-7-14(13)23-17)12-5-3-4-11(10-12)8-9-15(20)21/h1-7,10H,8-9H2,(H2,19,22)(H,20,21). The highest BCUT2D eigenvalue weighted by Gasteiger charge is 2.19. The fourth-order valence-corrected chi connectivity index (χ4v) is 2.64. The molecule has 0 unspecified atom stereocenters. The van der Waals surface area contributed by atoms with Crippen LogP contribution in [0.2, 0.25) is 0 Å². The minimum atomic E-state index is -0.845. The van der Waals surface area contributed by atoms with E-state index in [2.05, 4.69) is 0 Å². The third-order valence-corrected chi connectivity index (χ3v) is 3.66. The summed E-state index contributed by atoms with van der Waals surface area (Å²) < 4.78 is 5.58. The van der Waals surface area contributed by atoms with E-state index in [0.717, 1.165) is 16.5 Å². The normalized spacial score (nSPS) is 10.8. The number of furan rings is 1. The molecule has 0 aliphatic heterocycles. The Morgan fingerprint density at radius 2 is 1.87 bits per heavy atom. The molecule has 0 aliphatic carbocycles. The maximum absolute atomic E-state index is 11.7. The van der Waals surface area contributed by atoms with E-state index in [4.69, 9.17) is 15.3 Å². The van der Waals surface area contributed by atoms with Crippen LogP contribution in [0.5, 0.6) is 0 Å². The van der Waals surface area contributed by atoms with Crippen LogP contribution >= 0.6 is 0 Å². The topological polar surface area (TPSA) is 93.5 Å². The van der Waals surface area contributed by atoms with Gasteiger partial charge in [0.05, 0.1) is 0 Å². The van der Waals surface area contributed by atoms with Crippen molar-refractivity contribution in [2.24, 2.45) is 5.73 Å². The van der Waals surface area contributed by atoms with Crippen molar-refractivity contribution in [1.29, 1.82) is 0 Å². The molecular weight excluding hydrogens is 294 g/mol. The lowest BCUT2D eigenvalue weighted by molar-refractivity contribution is -0.136. The third kappa shape index (κ3) is 2.94. The number of fused-ring (bicyclic) bond motifs is 1. The van der Waals surface area contributed by atoms with Crippen LogP contribution < -0.4 is 5.73 Å². The maximum Gasteiger partial charge on any atom is 0.303 e. The minimum absolute atomic E-state index is 0.0538. The summed E-state index contributed by atoms with van der Waals surface area (Å²) in [6, 6.07) is 14.7. The van der Waals surface area contributed by atoms with Gasteiger partial charge < -0.3 is 15.3 Å². The first-order valence-electron chi connectivity index (χ1n) is 7.18. The van der Waals surface area contributed by atoms with Gasteiger partial charge in [0.1, 0.15) is 5.58 Å². The summed E-state index contributed by atoms with van der Waals surface area (Å²) in [7, 11) is 0. The van der Waals surface area contributed by atoms with Crippen molar-refractivity contribution < 1.29 is 19.1 Å². The van der Waals surface area contributed by atoms with Crippen LogP contribution in [0.1, 0.15) is 22.5 Å². The van der Waals surface area contributed by atoms with Gasteiger partial charge in [0.15, 0.2) is 5.76 Å². The molecule has 0 radical (unpaired) electrons. The fraction of sp³-hybridized carbons (Fsp3) is 0.111. The highest BCUT2D eigenvalue weighted by atomic mass is 16.4. The third-order valence-electron chi connectivity index (χ3n) is 3.66. The number of aryl methyl sites for hydroxylation is 1. The van der Waals surface area contributed by atoms with Crippen molar-refractivity contribution in [2.75, 3.05) is 0 Å². The lowest BCUT2D eigenvalue weighted by Crippen LogP contribution is -2.10. The number of nitrogens with two attached hydrogens (primary N) is 1. The van der Waals surface area contributed by atoms with Crippen LogP contribution in [0.15, 0.2) is 52.9 Å². The molecule has 5 nitrogen and oxygen atoms in total. The number of aliphatic carboxylic acids is 1. The lowest BCUT2D eigenvalue weighted by Gasteiger charge is -2.05. The molecule has 23 heavy (non-hydrogen) atoms. The number of carboxylic acid groups (broad SMARTS) is 1. The second kappa shape index (κ2) is 5.96. The molecule has 0 atom stereocenters. The summed E-state index contributed by atoms with van der Waals surface area (Å²) in [4.78, 5) is 22.4. The largest absolute Gasteiger partial charge is 0.481 e. The molecule has 0 fully saturated rings. The molecule has 2 aromatic carbocycles. The van der Waals surface area contributed by atoms with E-state index in [1.165, 1.54) is 0 Å². The number of rotatable bonds is 5. The van der Waals surface area contributed by atoms with Crippen LogP contribution in [0.4, 0.5) is 0 Å². The van der Waals surface area contributed by atoms with Crippen molar-refractivity contribution in [3.05, 3.63) is 59.9 Å². The number of benzene rings is 2. The Bertz CT molecular complexity index is 895. The van der Waals surface area contributed by atoms with Gasteiger partial charge in [-0.2, -0.15) is 0 Å². The Hall–Kier alpha value is -3.08. The number of hydrogen-bond donors (Lipinski definition) is 2. The number of hydrogen-bond acceptors (Lipinski definition) is 3. The molecule has 0 spiro atoms. The first-order chi connectivity index (χ1) is 11.1. The van der Waals surface area contributed by atoms with E-state index in [0.29, 0.717) is 17.6 Å². The first kappa shape index (κ1) is 14.8. The monoisotopic (exact) mass is 309 g/mol. The van der Waals surface area contributed by atoms with E-state index in [-0.39, 0.29) is 12.2 Å². The quantitative estimate of drug-likeness (QED) is 0.756. The molecule has 5 heteroatoms. The van der Waals surface area contributed by atoms with Gasteiger partial charge in [-0.05, 0) is 23.6 Å². The predicted octanol–water partition coefficient (Wildman–Crippen LogP) is 3.22. The minimum Gasteiger partial charge on any atom is -0.481 e. The summed E-state index contributed by atoms with van der Waals surface area (Å²) in [5.41, 5.74) is 8.34. The predicted molar refractivity (Wildman–Crippen MR) is 86.1 cm³/mol. The Balaban J connectivity index is 2.12. The number of para-hydroxylation sites is 1. The Labute approximate surface area is 132 Å². The van der Waals surface area contributed by atoms with Crippen molar-refractivity contribution in [1.82, 2.24) is 0 Å². The molecule has 3 N–H and O–H groups in total. The van der Waals surface area contributed by atoms with Crippen molar-refractivity contribution in [3.8, 4) is 11.1 Å². The van der Waals surface area contributed by atoms with E-state index >= 15 is 0 Å². The van der Waals surface area contributed by atoms with Gasteiger partial charge in [-0.15, -0.1) is 0 Å². The molecule has 1 amide bonds. The molecule has 3 rings (SSSR count). The van der Waals surface area contributed by atoms with Gasteiger partial charge in [-0.25, -0.2) is 0 Å². The Morgan fingerprint density at radius 3 is 2.61 bits per heavy atom. The Morgan fingerprint density at radius 1 is 1.09 bits per heavy atom. The van der Waals surface area contributed by atoms with Crippen LogP contribution in [0.25, 0.3) is 22.1 Å². The smallest absolute Gasteiger partial charge is 0.303 e. The second-order valence-electron chi connectivity index (χ2n) is 5.26. The van der Waals surface area contributed by atoms with Crippen molar-refractivity contribution >= 4 is 22.8 Å². The summed E-state index contributed by atoms with van der Waals surface area (Å²) in [6.45, 7) is 0. The SMILES string of the molecule is NC(=O)c1oc2ccccc2c1-c1cccc(CCC(=O)O)c1. The second-order valence-corrected chi connectivity index (χ2v) is 5.26. The van der Waals surface area contributed by atoms with Crippen molar-refractivity contribution in [2.45, 2.75) is 12.8 Å². The molecule has 0 saturated heterocycles. The molecular formula is C18H15NO4. The summed E-state index contributed by atoms with van der Waals surface area (Å²) in [5.74, 6) is -1.37. The molecule has 1 aromatic heterocycles. The molecule has 0 bridgehead atoms. The number of amides is 1. The van der Waals surface area contributed by atoms with E-state index in [1.807, 2.05) is 42.5 Å². The summed E-state index contributed by atoms with van der Waals surface area (Å²) >= 11 is 0. The molecule has 0 saturated carbocycles. The number of carbonyl (C=O) groups excluding carboxylic acids is 1.